The fraction of sp³-hybridized carbons (Fsp3) is 0. The van der Waals surface area contributed by atoms with E-state index in [4.69, 9.17) is 9.97 Å². The molecule has 0 unspecified atom stereocenters. The van der Waals surface area contributed by atoms with Crippen LogP contribution in [-0.2, 0) is 0 Å². The molecule has 2 aliphatic heterocycles. The second-order valence-electron chi connectivity index (χ2n) is 12.9. The molecular weight excluding hydrogens is 633 g/mol. The first kappa shape index (κ1) is 31.0. The van der Waals surface area contributed by atoms with Crippen molar-refractivity contribution in [1.82, 2.24) is 19.9 Å². The number of nitrogens with one attached hydrogen (secondary N) is 2. The van der Waals surface area contributed by atoms with Gasteiger partial charge in [-0.15, -0.1) is 0 Å². The van der Waals surface area contributed by atoms with Crippen LogP contribution in [-0.4, -0.2) is 19.9 Å². The molecule has 0 aliphatic carbocycles. The molecule has 2 aliphatic rings. The van der Waals surface area contributed by atoms with Crippen LogP contribution in [0.4, 0.5) is 0 Å². The first-order valence-corrected chi connectivity index (χ1v) is 17.4. The molecule has 246 valence electrons. The number of aromatic nitrogens is 4. The molecule has 9 rings (SSSR count). The Hall–Kier alpha value is -7.04. The third kappa shape index (κ3) is 5.44. The van der Waals surface area contributed by atoms with E-state index >= 15 is 0 Å². The van der Waals surface area contributed by atoms with E-state index in [1.54, 1.807) is 0 Å². The van der Waals surface area contributed by atoms with Gasteiger partial charge in [-0.3, -0.25) is 0 Å². The van der Waals surface area contributed by atoms with E-state index in [2.05, 4.69) is 163 Å². The number of hydrogen-bond acceptors (Lipinski definition) is 2. The van der Waals surface area contributed by atoms with Gasteiger partial charge in [0.25, 0.3) is 0 Å². The van der Waals surface area contributed by atoms with Crippen LogP contribution in [0.5, 0.6) is 0 Å². The van der Waals surface area contributed by atoms with Crippen LogP contribution >= 0.6 is 0 Å². The van der Waals surface area contributed by atoms with Gasteiger partial charge in [-0.05, 0) is 70.3 Å². The standard InChI is InChI=1S/C48H34N4/c1-3-31(2)36-30-43-46(34-20-12-6-13-21-34)41-27-26-39(50-41)44(32-16-8-4-9-17-32)37-24-25-38(49-37)45(33-18-10-5-11-19-33)40-28-29-42(51-40)47(48(36)52-43)35-22-14-7-15-23-35/h3-30,50-51H,1-2H2. The van der Waals surface area contributed by atoms with Crippen LogP contribution in [0.2, 0.25) is 0 Å². The molecule has 4 heteroatoms. The van der Waals surface area contributed by atoms with Crippen molar-refractivity contribution in [2.24, 2.45) is 0 Å². The Morgan fingerprint density at radius 3 is 1.21 bits per heavy atom. The molecule has 0 radical (unpaired) electrons. The van der Waals surface area contributed by atoms with Crippen molar-refractivity contribution < 1.29 is 0 Å². The maximum absolute atomic E-state index is 5.51. The summed E-state index contributed by atoms with van der Waals surface area (Å²) in [5.74, 6) is 0. The number of rotatable bonds is 6. The number of fused-ring (bicyclic) bond motifs is 8. The topological polar surface area (TPSA) is 57.4 Å². The van der Waals surface area contributed by atoms with Crippen molar-refractivity contribution >= 4 is 45.9 Å². The van der Waals surface area contributed by atoms with Gasteiger partial charge in [-0.25, -0.2) is 9.97 Å². The van der Waals surface area contributed by atoms with E-state index in [9.17, 15) is 0 Å². The van der Waals surface area contributed by atoms with Crippen LogP contribution in [0.25, 0.3) is 90.4 Å². The molecule has 8 bridgehead atoms. The maximum Gasteiger partial charge on any atom is 0.0815 e. The van der Waals surface area contributed by atoms with Crippen LogP contribution in [0.15, 0.2) is 170 Å². The summed E-state index contributed by atoms with van der Waals surface area (Å²) in [6.07, 6.45) is 8.22. The van der Waals surface area contributed by atoms with E-state index in [0.29, 0.717) is 0 Å². The lowest BCUT2D eigenvalue weighted by Gasteiger charge is -2.09. The molecule has 0 saturated carbocycles. The van der Waals surface area contributed by atoms with E-state index in [1.165, 1.54) is 0 Å². The minimum atomic E-state index is 0.802. The number of aromatic amines is 2. The Labute approximate surface area is 302 Å². The first-order chi connectivity index (χ1) is 25.7. The summed E-state index contributed by atoms with van der Waals surface area (Å²) in [5.41, 5.74) is 17.2. The summed E-state index contributed by atoms with van der Waals surface area (Å²) in [4.78, 5) is 18.5. The Bertz CT molecular complexity index is 2730. The molecule has 0 atom stereocenters. The number of benzene rings is 4. The lowest BCUT2D eigenvalue weighted by Crippen LogP contribution is -1.91. The summed E-state index contributed by atoms with van der Waals surface area (Å²) >= 11 is 0. The van der Waals surface area contributed by atoms with Crippen molar-refractivity contribution in [2.75, 3.05) is 0 Å². The zero-order valence-electron chi connectivity index (χ0n) is 28.5. The highest BCUT2D eigenvalue weighted by Crippen LogP contribution is 2.41. The second-order valence-corrected chi connectivity index (χ2v) is 12.9. The van der Waals surface area contributed by atoms with Gasteiger partial charge in [0.2, 0.25) is 0 Å². The number of nitrogens with zero attached hydrogens (tertiary/aromatic N) is 2. The Morgan fingerprint density at radius 2 is 0.808 bits per heavy atom. The van der Waals surface area contributed by atoms with E-state index in [1.807, 2.05) is 30.3 Å². The van der Waals surface area contributed by atoms with Crippen molar-refractivity contribution in [3.8, 4) is 44.5 Å². The van der Waals surface area contributed by atoms with Gasteiger partial charge in [0.05, 0.1) is 22.8 Å². The fourth-order valence-corrected chi connectivity index (χ4v) is 7.27. The van der Waals surface area contributed by atoms with E-state index in [0.717, 1.165) is 100 Å². The van der Waals surface area contributed by atoms with Crippen molar-refractivity contribution in [3.63, 3.8) is 0 Å². The summed E-state index contributed by atoms with van der Waals surface area (Å²) < 4.78 is 0. The van der Waals surface area contributed by atoms with Gasteiger partial charge in [0.1, 0.15) is 0 Å². The van der Waals surface area contributed by atoms with Gasteiger partial charge in [0.15, 0.2) is 0 Å². The molecule has 5 heterocycles. The SMILES string of the molecule is C=CC(=C)C1=Cc2nc1c(-c1ccccc1)c1ccc([nH]1)c(-c1ccccc1)c1nc(c(-c3ccccc3)c3ccc([nH]3)c2-c2ccccc2)C=C1. The molecule has 0 spiro atoms. The molecule has 2 N–H and O–H groups in total. The van der Waals surface area contributed by atoms with E-state index < -0.39 is 0 Å². The highest BCUT2D eigenvalue weighted by Gasteiger charge is 2.23. The van der Waals surface area contributed by atoms with Crippen LogP contribution in [0, 0.1) is 0 Å². The summed E-state index contributed by atoms with van der Waals surface area (Å²) in [7, 11) is 0. The fourth-order valence-electron chi connectivity index (χ4n) is 7.27. The summed E-state index contributed by atoms with van der Waals surface area (Å²) in [6, 6.07) is 50.4. The third-order valence-corrected chi connectivity index (χ3v) is 9.71. The molecular formula is C48H34N4. The summed E-state index contributed by atoms with van der Waals surface area (Å²) in [6.45, 7) is 8.56. The summed E-state index contributed by atoms with van der Waals surface area (Å²) in [5, 5.41) is 0. The lowest BCUT2D eigenvalue weighted by molar-refractivity contribution is 1.30. The number of H-pyrrole nitrogens is 2. The quantitative estimate of drug-likeness (QED) is 0.174. The Balaban J connectivity index is 1.52. The monoisotopic (exact) mass is 666 g/mol. The number of hydrogen-bond donors (Lipinski definition) is 2. The minimum Gasteiger partial charge on any atom is -0.354 e. The molecule has 0 amide bonds. The molecule has 4 nitrogen and oxygen atoms in total. The van der Waals surface area contributed by atoms with E-state index in [-0.39, 0.29) is 0 Å². The largest absolute Gasteiger partial charge is 0.354 e. The van der Waals surface area contributed by atoms with Crippen LogP contribution in [0.3, 0.4) is 0 Å². The molecule has 3 aromatic heterocycles. The van der Waals surface area contributed by atoms with Gasteiger partial charge in [-0.2, -0.15) is 0 Å². The zero-order valence-corrected chi connectivity index (χ0v) is 28.5. The van der Waals surface area contributed by atoms with Gasteiger partial charge < -0.3 is 9.97 Å². The predicted molar refractivity (Wildman–Crippen MR) is 219 cm³/mol. The predicted octanol–water partition coefficient (Wildman–Crippen LogP) is 12.4. The molecule has 0 fully saturated rings. The molecule has 0 saturated heterocycles. The average molecular weight is 667 g/mol. The van der Waals surface area contributed by atoms with Gasteiger partial charge in [-0.1, -0.05) is 141 Å². The van der Waals surface area contributed by atoms with Gasteiger partial charge >= 0.3 is 0 Å². The third-order valence-electron chi connectivity index (χ3n) is 9.71. The molecule has 52 heavy (non-hydrogen) atoms. The van der Waals surface area contributed by atoms with Crippen molar-refractivity contribution in [1.29, 1.82) is 0 Å². The Morgan fingerprint density at radius 1 is 0.442 bits per heavy atom. The minimum absolute atomic E-state index is 0.802. The van der Waals surface area contributed by atoms with Crippen LogP contribution in [0.1, 0.15) is 22.8 Å². The lowest BCUT2D eigenvalue weighted by atomic mass is 9.96. The van der Waals surface area contributed by atoms with Crippen molar-refractivity contribution in [2.45, 2.75) is 0 Å². The normalized spacial score (nSPS) is 12.0. The first-order valence-electron chi connectivity index (χ1n) is 17.4. The van der Waals surface area contributed by atoms with Crippen molar-refractivity contribution in [3.05, 3.63) is 193 Å². The Kier molecular flexibility index (Phi) is 7.75. The second kappa shape index (κ2) is 13.0. The maximum atomic E-state index is 5.51. The molecule has 4 aromatic carbocycles. The highest BCUT2D eigenvalue weighted by molar-refractivity contribution is 6.05. The number of allylic oxidation sites excluding steroid dienone is 3. The average Bonchev–Trinajstić information content (AvgIpc) is 4.03. The van der Waals surface area contributed by atoms with Gasteiger partial charge in [0, 0.05) is 49.9 Å². The highest BCUT2D eigenvalue weighted by atomic mass is 14.8. The molecule has 7 aromatic rings. The van der Waals surface area contributed by atoms with Crippen LogP contribution < -0.4 is 0 Å². The zero-order chi connectivity index (χ0) is 35.0. The smallest absolute Gasteiger partial charge is 0.0815 e.